The molecule has 0 saturated carbocycles. The zero-order chi connectivity index (χ0) is 9.97. The lowest BCUT2D eigenvalue weighted by atomic mass is 10.2. The second-order valence-electron chi connectivity index (χ2n) is 3.17. The van der Waals surface area contributed by atoms with Crippen LogP contribution in [0.15, 0.2) is 30.0 Å². The maximum Gasteiger partial charge on any atom is 0.0946 e. The Labute approximate surface area is 87.4 Å². The van der Waals surface area contributed by atoms with Gasteiger partial charge in [0, 0.05) is 11.9 Å². The third-order valence-electron chi connectivity index (χ3n) is 2.27. The molecule has 2 aromatic heterocycles. The quantitative estimate of drug-likeness (QED) is 0.831. The van der Waals surface area contributed by atoms with Gasteiger partial charge in [0.15, 0.2) is 0 Å². The Morgan fingerprint density at radius 3 is 2.93 bits per heavy atom. The van der Waals surface area contributed by atoms with Crippen LogP contribution in [0.4, 0.5) is 0 Å². The molecule has 2 heterocycles. The fourth-order valence-electron chi connectivity index (χ4n) is 1.54. The van der Waals surface area contributed by atoms with Gasteiger partial charge in [-0.2, -0.15) is 0 Å². The number of hydrogen-bond acceptors (Lipinski definition) is 3. The predicted octanol–water partition coefficient (Wildman–Crippen LogP) is 1.79. The number of aromatic nitrogens is 2. The van der Waals surface area contributed by atoms with Crippen molar-refractivity contribution in [3.63, 3.8) is 0 Å². The van der Waals surface area contributed by atoms with Crippen LogP contribution in [-0.2, 0) is 7.05 Å². The summed E-state index contributed by atoms with van der Waals surface area (Å²) in [7, 11) is 3.98. The van der Waals surface area contributed by atoms with Crippen molar-refractivity contribution in [1.82, 2.24) is 14.9 Å². The van der Waals surface area contributed by atoms with E-state index in [4.69, 9.17) is 0 Å². The molecule has 0 fully saturated rings. The Bertz CT molecular complexity index is 391. The molecule has 0 aliphatic carbocycles. The van der Waals surface area contributed by atoms with E-state index >= 15 is 0 Å². The fourth-order valence-corrected chi connectivity index (χ4v) is 2.38. The molecule has 2 rings (SSSR count). The van der Waals surface area contributed by atoms with Crippen molar-refractivity contribution >= 4 is 11.3 Å². The van der Waals surface area contributed by atoms with Crippen LogP contribution < -0.4 is 5.32 Å². The Morgan fingerprint density at radius 2 is 2.43 bits per heavy atom. The maximum atomic E-state index is 4.13. The molecule has 2 aromatic rings. The molecule has 0 aliphatic heterocycles. The van der Waals surface area contributed by atoms with Crippen molar-refractivity contribution in [1.29, 1.82) is 0 Å². The first-order valence-electron chi connectivity index (χ1n) is 4.50. The first kappa shape index (κ1) is 9.43. The van der Waals surface area contributed by atoms with E-state index in [1.807, 2.05) is 31.2 Å². The van der Waals surface area contributed by atoms with Gasteiger partial charge in [0.25, 0.3) is 0 Å². The van der Waals surface area contributed by atoms with Crippen LogP contribution in [0.3, 0.4) is 0 Å². The molecule has 0 bridgehead atoms. The van der Waals surface area contributed by atoms with Crippen LogP contribution in [0.5, 0.6) is 0 Å². The molecule has 0 saturated heterocycles. The zero-order valence-corrected chi connectivity index (χ0v) is 9.08. The Morgan fingerprint density at radius 1 is 1.57 bits per heavy atom. The third kappa shape index (κ3) is 1.58. The number of nitrogens with zero attached hydrogens (tertiary/aromatic N) is 2. The maximum absolute atomic E-state index is 4.13. The topological polar surface area (TPSA) is 29.9 Å². The lowest BCUT2D eigenvalue weighted by Gasteiger charge is -2.14. The molecule has 0 aromatic carbocycles. The van der Waals surface area contributed by atoms with Crippen molar-refractivity contribution in [2.75, 3.05) is 7.05 Å². The van der Waals surface area contributed by atoms with E-state index in [-0.39, 0.29) is 6.04 Å². The number of nitrogens with one attached hydrogen (secondary N) is 1. The standard InChI is InChI=1S/C10H13N3S/c1-11-10(9-4-3-5-14-9)8-6-12-7-13(8)2/h3-7,10-11H,1-2H3. The SMILES string of the molecule is CNC(c1cccs1)c1cncn1C. The van der Waals surface area contributed by atoms with Crippen LogP contribution >= 0.6 is 11.3 Å². The summed E-state index contributed by atoms with van der Waals surface area (Å²) in [5.74, 6) is 0. The fraction of sp³-hybridized carbons (Fsp3) is 0.300. The molecule has 4 heteroatoms. The van der Waals surface area contributed by atoms with Gasteiger partial charge in [0.2, 0.25) is 0 Å². The van der Waals surface area contributed by atoms with Crippen molar-refractivity contribution in [3.05, 3.63) is 40.6 Å². The van der Waals surface area contributed by atoms with Gasteiger partial charge in [0.05, 0.1) is 24.3 Å². The molecular weight excluding hydrogens is 194 g/mol. The summed E-state index contributed by atoms with van der Waals surface area (Å²) < 4.78 is 2.04. The summed E-state index contributed by atoms with van der Waals surface area (Å²) >= 11 is 1.76. The lowest BCUT2D eigenvalue weighted by Crippen LogP contribution is -2.18. The normalized spacial score (nSPS) is 13.0. The van der Waals surface area contributed by atoms with Gasteiger partial charge >= 0.3 is 0 Å². The third-order valence-corrected chi connectivity index (χ3v) is 3.20. The highest BCUT2D eigenvalue weighted by Crippen LogP contribution is 2.24. The largest absolute Gasteiger partial charge is 0.336 e. The van der Waals surface area contributed by atoms with Gasteiger partial charge in [-0.3, -0.25) is 0 Å². The van der Waals surface area contributed by atoms with Crippen LogP contribution in [0.2, 0.25) is 0 Å². The lowest BCUT2D eigenvalue weighted by molar-refractivity contribution is 0.647. The van der Waals surface area contributed by atoms with E-state index in [2.05, 4.69) is 27.8 Å². The Hall–Kier alpha value is -1.13. The summed E-state index contributed by atoms with van der Waals surface area (Å²) in [6, 6.07) is 4.46. The van der Waals surface area contributed by atoms with E-state index in [0.29, 0.717) is 0 Å². The van der Waals surface area contributed by atoms with Crippen molar-refractivity contribution in [3.8, 4) is 0 Å². The number of rotatable bonds is 3. The number of hydrogen-bond donors (Lipinski definition) is 1. The molecule has 0 radical (unpaired) electrons. The molecule has 3 nitrogen and oxygen atoms in total. The molecule has 0 spiro atoms. The van der Waals surface area contributed by atoms with Gasteiger partial charge in [-0.25, -0.2) is 4.98 Å². The van der Waals surface area contributed by atoms with Gasteiger partial charge in [-0.05, 0) is 18.5 Å². The smallest absolute Gasteiger partial charge is 0.0946 e. The Kier molecular flexibility index (Phi) is 2.65. The van der Waals surface area contributed by atoms with Crippen LogP contribution in [0.25, 0.3) is 0 Å². The van der Waals surface area contributed by atoms with E-state index in [0.717, 1.165) is 0 Å². The average Bonchev–Trinajstić information content (AvgIpc) is 2.80. The molecular formula is C10H13N3S. The molecule has 0 amide bonds. The van der Waals surface area contributed by atoms with E-state index < -0.39 is 0 Å². The molecule has 1 atom stereocenters. The first-order chi connectivity index (χ1) is 6.83. The van der Waals surface area contributed by atoms with Crippen LogP contribution in [-0.4, -0.2) is 16.6 Å². The second-order valence-corrected chi connectivity index (χ2v) is 4.15. The van der Waals surface area contributed by atoms with E-state index in [1.54, 1.807) is 11.3 Å². The summed E-state index contributed by atoms with van der Waals surface area (Å²) in [4.78, 5) is 5.44. The summed E-state index contributed by atoms with van der Waals surface area (Å²) in [5.41, 5.74) is 1.19. The highest BCUT2D eigenvalue weighted by Gasteiger charge is 2.15. The molecule has 14 heavy (non-hydrogen) atoms. The first-order valence-corrected chi connectivity index (χ1v) is 5.37. The van der Waals surface area contributed by atoms with Crippen molar-refractivity contribution in [2.24, 2.45) is 7.05 Å². The summed E-state index contributed by atoms with van der Waals surface area (Å²) in [5, 5.41) is 5.39. The summed E-state index contributed by atoms with van der Waals surface area (Å²) in [6.45, 7) is 0. The van der Waals surface area contributed by atoms with Gasteiger partial charge in [-0.1, -0.05) is 6.07 Å². The van der Waals surface area contributed by atoms with E-state index in [1.165, 1.54) is 10.6 Å². The number of aryl methyl sites for hydroxylation is 1. The van der Waals surface area contributed by atoms with Gasteiger partial charge in [-0.15, -0.1) is 11.3 Å². The highest BCUT2D eigenvalue weighted by atomic mass is 32.1. The van der Waals surface area contributed by atoms with Gasteiger partial charge in [0.1, 0.15) is 0 Å². The zero-order valence-electron chi connectivity index (χ0n) is 8.27. The van der Waals surface area contributed by atoms with Crippen LogP contribution in [0.1, 0.15) is 16.6 Å². The Balaban J connectivity index is 2.36. The minimum atomic E-state index is 0.252. The minimum absolute atomic E-state index is 0.252. The van der Waals surface area contributed by atoms with Crippen molar-refractivity contribution < 1.29 is 0 Å². The molecule has 1 unspecified atom stereocenters. The second kappa shape index (κ2) is 3.94. The predicted molar refractivity (Wildman–Crippen MR) is 58.4 cm³/mol. The minimum Gasteiger partial charge on any atom is -0.336 e. The van der Waals surface area contributed by atoms with E-state index in [9.17, 15) is 0 Å². The average molecular weight is 207 g/mol. The van der Waals surface area contributed by atoms with Crippen LogP contribution in [0, 0.1) is 0 Å². The number of thiophene rings is 1. The monoisotopic (exact) mass is 207 g/mol. The van der Waals surface area contributed by atoms with Crippen molar-refractivity contribution in [2.45, 2.75) is 6.04 Å². The number of imidazole rings is 1. The highest BCUT2D eigenvalue weighted by molar-refractivity contribution is 7.10. The summed E-state index contributed by atoms with van der Waals surface area (Å²) in [6.07, 6.45) is 3.73. The molecule has 0 aliphatic rings. The van der Waals surface area contributed by atoms with Gasteiger partial charge < -0.3 is 9.88 Å². The molecule has 1 N–H and O–H groups in total. The molecule has 74 valence electrons.